The molecule has 43 heavy (non-hydrogen) atoms. The monoisotopic (exact) mass is 606 g/mol. The highest BCUT2D eigenvalue weighted by Gasteiger charge is 2.18. The normalized spacial score (nSPS) is 12.4. The summed E-state index contributed by atoms with van der Waals surface area (Å²) in [6, 6.07) is 0. The van der Waals surface area contributed by atoms with E-state index < -0.39 is 0 Å². The lowest BCUT2D eigenvalue weighted by molar-refractivity contribution is 0.0277. The highest BCUT2D eigenvalue weighted by Crippen LogP contribution is 2.12. The molecule has 0 amide bonds. The topological polar surface area (TPSA) is 44.5 Å². The van der Waals surface area contributed by atoms with Crippen LogP contribution in [0.3, 0.4) is 0 Å². The zero-order valence-corrected chi connectivity index (χ0v) is 29.8. The van der Waals surface area contributed by atoms with Crippen molar-refractivity contribution in [2.45, 2.75) is 206 Å². The zero-order chi connectivity index (χ0) is 31.4. The first-order valence-corrected chi connectivity index (χ1v) is 19.4. The standard InChI is InChI=1S/C40H79NO2/c1-4-6-8-10-12-14-16-18-20-22-24-26-28-30-32-34-36-42-38-40(3,41)39-43-37-35-33-31-29-27-25-23-21-19-17-15-13-11-9-7-5-2/h18-21H,4-17,22-39,41H2,1-3H3/b20-18-,21-19-. The second-order valence-electron chi connectivity index (χ2n) is 13.6. The Kier molecular flexibility index (Phi) is 35.3. The molecule has 0 aliphatic rings. The smallest absolute Gasteiger partial charge is 0.0666 e. The predicted molar refractivity (Wildman–Crippen MR) is 193 cm³/mol. The van der Waals surface area contributed by atoms with E-state index in [2.05, 4.69) is 45.1 Å². The maximum Gasteiger partial charge on any atom is 0.0666 e. The average molecular weight is 606 g/mol. The molecule has 2 N–H and O–H groups in total. The quantitative estimate of drug-likeness (QED) is 0.0570. The van der Waals surface area contributed by atoms with Gasteiger partial charge in [0.2, 0.25) is 0 Å². The van der Waals surface area contributed by atoms with Gasteiger partial charge in [-0.05, 0) is 71.1 Å². The van der Waals surface area contributed by atoms with E-state index in [9.17, 15) is 0 Å². The molecule has 0 aromatic carbocycles. The number of nitrogens with two attached hydrogens (primary N) is 1. The molecule has 0 aliphatic carbocycles. The number of rotatable bonds is 36. The molecule has 0 saturated heterocycles. The summed E-state index contributed by atoms with van der Waals surface area (Å²) in [6.07, 6.45) is 47.0. The maximum atomic E-state index is 6.40. The lowest BCUT2D eigenvalue weighted by Crippen LogP contribution is -2.46. The molecule has 0 heterocycles. The number of hydrogen-bond donors (Lipinski definition) is 1. The first-order chi connectivity index (χ1) is 21.1. The van der Waals surface area contributed by atoms with Crippen LogP contribution in [0.1, 0.15) is 201 Å². The van der Waals surface area contributed by atoms with Crippen LogP contribution in [0.5, 0.6) is 0 Å². The lowest BCUT2D eigenvalue weighted by atomic mass is 10.1. The SMILES string of the molecule is CCCCCCCC/C=C\CCCCCCCCOCC(C)(N)COCCCCCCCC/C=C\CCCCCCCC. The van der Waals surface area contributed by atoms with Gasteiger partial charge in [-0.1, -0.05) is 154 Å². The van der Waals surface area contributed by atoms with Gasteiger partial charge in [0.1, 0.15) is 0 Å². The van der Waals surface area contributed by atoms with Crippen LogP contribution in [0.15, 0.2) is 24.3 Å². The molecule has 0 radical (unpaired) electrons. The molecule has 0 aromatic heterocycles. The maximum absolute atomic E-state index is 6.40. The molecular weight excluding hydrogens is 526 g/mol. The Balaban J connectivity index is 3.33. The Hall–Kier alpha value is -0.640. The van der Waals surface area contributed by atoms with Crippen LogP contribution in [0, 0.1) is 0 Å². The van der Waals surface area contributed by atoms with E-state index in [-0.39, 0.29) is 5.54 Å². The summed E-state index contributed by atoms with van der Waals surface area (Å²) in [4.78, 5) is 0. The Morgan fingerprint density at radius 1 is 0.395 bits per heavy atom. The first-order valence-electron chi connectivity index (χ1n) is 19.4. The molecule has 256 valence electrons. The molecule has 0 aromatic rings. The molecular formula is C40H79NO2. The minimum Gasteiger partial charge on any atom is -0.379 e. The van der Waals surface area contributed by atoms with Crippen molar-refractivity contribution in [3.8, 4) is 0 Å². The van der Waals surface area contributed by atoms with Crippen molar-refractivity contribution in [1.82, 2.24) is 0 Å². The van der Waals surface area contributed by atoms with E-state index in [1.807, 2.05) is 0 Å². The molecule has 3 heteroatoms. The minimum atomic E-state index is -0.384. The van der Waals surface area contributed by atoms with E-state index in [4.69, 9.17) is 15.2 Å². The van der Waals surface area contributed by atoms with Gasteiger partial charge in [0.05, 0.1) is 18.8 Å². The minimum absolute atomic E-state index is 0.384. The summed E-state index contributed by atoms with van der Waals surface area (Å²) < 4.78 is 11.8. The summed E-state index contributed by atoms with van der Waals surface area (Å²) in [5.41, 5.74) is 6.02. The van der Waals surface area contributed by atoms with Gasteiger partial charge in [-0.25, -0.2) is 0 Å². The molecule has 3 nitrogen and oxygen atoms in total. The second kappa shape index (κ2) is 35.8. The summed E-state index contributed by atoms with van der Waals surface area (Å²) >= 11 is 0. The fourth-order valence-corrected chi connectivity index (χ4v) is 5.56. The Bertz CT molecular complexity index is 523. The van der Waals surface area contributed by atoms with Gasteiger partial charge in [0.15, 0.2) is 0 Å². The molecule has 0 aliphatic heterocycles. The fraction of sp³-hybridized carbons (Fsp3) is 0.900. The largest absolute Gasteiger partial charge is 0.379 e. The number of allylic oxidation sites excluding steroid dienone is 4. The average Bonchev–Trinajstić information content (AvgIpc) is 3.00. The Morgan fingerprint density at radius 2 is 0.651 bits per heavy atom. The summed E-state index contributed by atoms with van der Waals surface area (Å²) in [5, 5.41) is 0. The van der Waals surface area contributed by atoms with Crippen LogP contribution in [-0.4, -0.2) is 32.0 Å². The van der Waals surface area contributed by atoms with Gasteiger partial charge in [-0.15, -0.1) is 0 Å². The molecule has 0 saturated carbocycles. The number of unbranched alkanes of at least 4 members (excludes halogenated alkanes) is 24. The third-order valence-electron chi connectivity index (χ3n) is 8.46. The number of hydrogen-bond acceptors (Lipinski definition) is 3. The van der Waals surface area contributed by atoms with Crippen LogP contribution in [0.4, 0.5) is 0 Å². The Morgan fingerprint density at radius 3 is 0.953 bits per heavy atom. The van der Waals surface area contributed by atoms with E-state index in [1.54, 1.807) is 0 Å². The molecule has 0 fully saturated rings. The first kappa shape index (κ1) is 42.4. The van der Waals surface area contributed by atoms with E-state index in [0.29, 0.717) is 13.2 Å². The second-order valence-corrected chi connectivity index (χ2v) is 13.6. The van der Waals surface area contributed by atoms with Crippen molar-refractivity contribution in [2.24, 2.45) is 5.73 Å². The van der Waals surface area contributed by atoms with E-state index in [1.165, 1.54) is 167 Å². The third kappa shape index (κ3) is 37.5. The van der Waals surface area contributed by atoms with Gasteiger partial charge >= 0.3 is 0 Å². The van der Waals surface area contributed by atoms with Gasteiger partial charge in [0, 0.05) is 13.2 Å². The summed E-state index contributed by atoms with van der Waals surface area (Å²) in [6.45, 7) is 9.45. The van der Waals surface area contributed by atoms with Gasteiger partial charge in [-0.3, -0.25) is 0 Å². The third-order valence-corrected chi connectivity index (χ3v) is 8.46. The van der Waals surface area contributed by atoms with Crippen LogP contribution in [0.2, 0.25) is 0 Å². The van der Waals surface area contributed by atoms with Crippen molar-refractivity contribution in [1.29, 1.82) is 0 Å². The van der Waals surface area contributed by atoms with Crippen LogP contribution in [0.25, 0.3) is 0 Å². The highest BCUT2D eigenvalue weighted by molar-refractivity contribution is 4.82. The predicted octanol–water partition coefficient (Wildman–Crippen LogP) is 12.8. The molecule has 0 spiro atoms. The Labute approximate surface area is 271 Å². The van der Waals surface area contributed by atoms with Gasteiger partial charge < -0.3 is 15.2 Å². The zero-order valence-electron chi connectivity index (χ0n) is 29.8. The van der Waals surface area contributed by atoms with E-state index in [0.717, 1.165) is 26.1 Å². The molecule has 0 rings (SSSR count). The number of ether oxygens (including phenoxy) is 2. The van der Waals surface area contributed by atoms with Gasteiger partial charge in [-0.2, -0.15) is 0 Å². The van der Waals surface area contributed by atoms with Crippen molar-refractivity contribution in [3.63, 3.8) is 0 Å². The van der Waals surface area contributed by atoms with Crippen LogP contribution >= 0.6 is 0 Å². The van der Waals surface area contributed by atoms with Gasteiger partial charge in [0.25, 0.3) is 0 Å². The fourth-order valence-electron chi connectivity index (χ4n) is 5.56. The van der Waals surface area contributed by atoms with Crippen LogP contribution in [-0.2, 0) is 9.47 Å². The molecule has 0 bridgehead atoms. The van der Waals surface area contributed by atoms with Crippen molar-refractivity contribution < 1.29 is 9.47 Å². The lowest BCUT2D eigenvalue weighted by Gasteiger charge is -2.24. The van der Waals surface area contributed by atoms with Crippen molar-refractivity contribution >= 4 is 0 Å². The molecule has 0 atom stereocenters. The highest BCUT2D eigenvalue weighted by atomic mass is 16.5. The molecule has 0 unspecified atom stereocenters. The van der Waals surface area contributed by atoms with Crippen LogP contribution < -0.4 is 5.73 Å². The summed E-state index contributed by atoms with van der Waals surface area (Å²) in [5.74, 6) is 0. The van der Waals surface area contributed by atoms with E-state index >= 15 is 0 Å². The van der Waals surface area contributed by atoms with Crippen molar-refractivity contribution in [3.05, 3.63) is 24.3 Å². The summed E-state index contributed by atoms with van der Waals surface area (Å²) in [7, 11) is 0. The van der Waals surface area contributed by atoms with Crippen molar-refractivity contribution in [2.75, 3.05) is 26.4 Å².